The average Bonchev–Trinajstić information content (AvgIpc) is 1.86. The van der Waals surface area contributed by atoms with Crippen LogP contribution in [-0.4, -0.2) is 5.78 Å². The van der Waals surface area contributed by atoms with E-state index < -0.39 is 0 Å². The highest BCUT2D eigenvalue weighted by molar-refractivity contribution is 5.87. The van der Waals surface area contributed by atoms with Crippen molar-refractivity contribution in [3.8, 4) is 0 Å². The van der Waals surface area contributed by atoms with Crippen LogP contribution in [0.3, 0.4) is 0 Å². The lowest BCUT2D eigenvalue weighted by molar-refractivity contribution is -0.175. The zero-order chi connectivity index (χ0) is 8.51. The smallest absolute Gasteiger partial charge is 0.139 e. The molecule has 1 nitrogen and oxygen atoms in total. The molecule has 5 aliphatic carbocycles. The minimum Gasteiger partial charge on any atom is -0.299 e. The van der Waals surface area contributed by atoms with Crippen LogP contribution >= 0.6 is 0 Å². The van der Waals surface area contributed by atoms with Gasteiger partial charge in [0.1, 0.15) is 5.78 Å². The third-order valence-electron chi connectivity index (χ3n) is 4.53. The maximum absolute atomic E-state index is 11.7. The first kappa shape index (κ1) is 7.11. The summed E-state index contributed by atoms with van der Waals surface area (Å²) < 4.78 is 0. The van der Waals surface area contributed by atoms with Crippen LogP contribution in [0.1, 0.15) is 33.1 Å². The van der Waals surface area contributed by atoms with Gasteiger partial charge < -0.3 is 0 Å². The predicted molar refractivity (Wildman–Crippen MR) is 46.6 cm³/mol. The lowest BCUT2D eigenvalue weighted by Crippen LogP contribution is -2.61. The molecule has 66 valence electrons. The summed E-state index contributed by atoms with van der Waals surface area (Å²) in [5.74, 6) is 3.23. The van der Waals surface area contributed by atoms with Gasteiger partial charge in [0.15, 0.2) is 0 Å². The van der Waals surface area contributed by atoms with Crippen LogP contribution < -0.4 is 0 Å². The maximum atomic E-state index is 11.7. The number of ketones is 1. The van der Waals surface area contributed by atoms with Crippen molar-refractivity contribution in [2.45, 2.75) is 33.1 Å². The SMILES string of the molecule is CC1(C)CC2CC3CC(C2=O)C31. The lowest BCUT2D eigenvalue weighted by Gasteiger charge is -2.63. The molecule has 4 atom stereocenters. The molecule has 5 fully saturated rings. The van der Waals surface area contributed by atoms with Gasteiger partial charge >= 0.3 is 0 Å². The summed E-state index contributed by atoms with van der Waals surface area (Å²) in [7, 11) is 0. The monoisotopic (exact) mass is 164 g/mol. The van der Waals surface area contributed by atoms with Gasteiger partial charge in [-0.15, -0.1) is 0 Å². The van der Waals surface area contributed by atoms with Gasteiger partial charge in [-0.1, -0.05) is 13.8 Å². The Kier molecular flexibility index (Phi) is 1.06. The van der Waals surface area contributed by atoms with Gasteiger partial charge in [0.2, 0.25) is 0 Å². The molecule has 12 heavy (non-hydrogen) atoms. The van der Waals surface area contributed by atoms with Gasteiger partial charge in [-0.3, -0.25) is 4.79 Å². The lowest BCUT2D eigenvalue weighted by atomic mass is 9.40. The van der Waals surface area contributed by atoms with E-state index in [4.69, 9.17) is 0 Å². The number of Topliss-reactive ketones (excluding diaryl/α,β-unsaturated/α-hetero) is 1. The Morgan fingerprint density at radius 3 is 2.50 bits per heavy atom. The third kappa shape index (κ3) is 0.605. The summed E-state index contributed by atoms with van der Waals surface area (Å²) in [6.45, 7) is 4.71. The van der Waals surface area contributed by atoms with Crippen LogP contribution in [0, 0.1) is 29.1 Å². The highest BCUT2D eigenvalue weighted by Crippen LogP contribution is 2.64. The van der Waals surface area contributed by atoms with Crippen molar-refractivity contribution < 1.29 is 4.79 Å². The first-order chi connectivity index (χ1) is 5.59. The normalized spacial score (nSPS) is 53.7. The molecule has 0 aromatic carbocycles. The van der Waals surface area contributed by atoms with E-state index in [1.54, 1.807) is 0 Å². The largest absolute Gasteiger partial charge is 0.299 e. The minimum atomic E-state index is 0.453. The second-order valence-electron chi connectivity index (χ2n) is 5.66. The van der Waals surface area contributed by atoms with Crippen molar-refractivity contribution >= 4 is 5.78 Å². The van der Waals surface area contributed by atoms with Crippen molar-refractivity contribution in [2.75, 3.05) is 0 Å². The minimum absolute atomic E-state index is 0.453. The van der Waals surface area contributed by atoms with Crippen molar-refractivity contribution in [2.24, 2.45) is 29.1 Å². The van der Waals surface area contributed by atoms with Crippen molar-refractivity contribution in [3.05, 3.63) is 0 Å². The van der Waals surface area contributed by atoms with Crippen LogP contribution in [0.25, 0.3) is 0 Å². The van der Waals surface area contributed by atoms with Gasteiger partial charge in [0.05, 0.1) is 0 Å². The van der Waals surface area contributed by atoms with Crippen molar-refractivity contribution in [1.29, 1.82) is 0 Å². The van der Waals surface area contributed by atoms with E-state index >= 15 is 0 Å². The van der Waals surface area contributed by atoms with Crippen LogP contribution in [-0.2, 0) is 4.79 Å². The molecule has 5 aliphatic rings. The molecule has 0 aliphatic heterocycles. The molecule has 5 saturated carbocycles. The number of carbonyl (C=O) groups excluding carboxylic acids is 1. The quantitative estimate of drug-likeness (QED) is 0.536. The molecule has 4 bridgehead atoms. The Hall–Kier alpha value is -0.330. The zero-order valence-corrected chi connectivity index (χ0v) is 7.84. The van der Waals surface area contributed by atoms with Crippen LogP contribution in [0.2, 0.25) is 0 Å². The molecule has 0 heterocycles. The molecule has 0 aromatic rings. The van der Waals surface area contributed by atoms with E-state index in [0.717, 1.165) is 11.8 Å². The van der Waals surface area contributed by atoms with E-state index in [-0.39, 0.29) is 0 Å². The number of hydrogen-bond acceptors (Lipinski definition) is 1. The molecule has 0 radical (unpaired) electrons. The maximum Gasteiger partial charge on any atom is 0.139 e. The summed E-state index contributed by atoms with van der Waals surface area (Å²) in [6, 6.07) is 0. The molecule has 4 unspecified atom stereocenters. The summed E-state index contributed by atoms with van der Waals surface area (Å²) in [5.41, 5.74) is 0.477. The van der Waals surface area contributed by atoms with Crippen molar-refractivity contribution in [3.63, 3.8) is 0 Å². The van der Waals surface area contributed by atoms with E-state index in [1.807, 2.05) is 0 Å². The molecule has 0 N–H and O–H groups in total. The third-order valence-corrected chi connectivity index (χ3v) is 4.53. The molecule has 0 amide bonds. The van der Waals surface area contributed by atoms with Gasteiger partial charge in [0.25, 0.3) is 0 Å². The molecular weight excluding hydrogens is 148 g/mol. The standard InChI is InChI=1S/C11H16O/c1-11(2)5-7-3-6-4-8(9(6)11)10(7)12/h6-9H,3-5H2,1-2H3. The molecule has 1 heteroatoms. The molecule has 0 aromatic heterocycles. The van der Waals surface area contributed by atoms with E-state index in [2.05, 4.69) is 13.8 Å². The fourth-order valence-corrected chi connectivity index (χ4v) is 4.21. The Balaban J connectivity index is 2.02. The van der Waals surface area contributed by atoms with Crippen LogP contribution in [0.15, 0.2) is 0 Å². The van der Waals surface area contributed by atoms with Gasteiger partial charge in [0, 0.05) is 11.8 Å². The second-order valence-corrected chi connectivity index (χ2v) is 5.66. The molecular formula is C11H16O. The highest BCUT2D eigenvalue weighted by Gasteiger charge is 2.62. The first-order valence-corrected chi connectivity index (χ1v) is 5.13. The van der Waals surface area contributed by atoms with Crippen LogP contribution in [0.5, 0.6) is 0 Å². The van der Waals surface area contributed by atoms with E-state index in [9.17, 15) is 4.79 Å². The number of carbonyl (C=O) groups is 1. The number of fused-ring (bicyclic) bond motifs is 1. The Bertz CT molecular complexity index is 250. The zero-order valence-electron chi connectivity index (χ0n) is 7.84. The number of rotatable bonds is 0. The molecule has 5 rings (SSSR count). The fourth-order valence-electron chi connectivity index (χ4n) is 4.21. The second kappa shape index (κ2) is 1.78. The van der Waals surface area contributed by atoms with Gasteiger partial charge in [-0.05, 0) is 36.5 Å². The van der Waals surface area contributed by atoms with E-state index in [0.29, 0.717) is 23.0 Å². The summed E-state index contributed by atoms with van der Waals surface area (Å²) in [4.78, 5) is 11.7. The molecule has 0 spiro atoms. The highest BCUT2D eigenvalue weighted by atomic mass is 16.1. The topological polar surface area (TPSA) is 17.1 Å². The predicted octanol–water partition coefficient (Wildman–Crippen LogP) is 2.26. The Morgan fingerprint density at radius 1 is 1.33 bits per heavy atom. The summed E-state index contributed by atoms with van der Waals surface area (Å²) in [5, 5.41) is 0. The van der Waals surface area contributed by atoms with Gasteiger partial charge in [-0.25, -0.2) is 0 Å². The fraction of sp³-hybridized carbons (Fsp3) is 0.909. The Labute approximate surface area is 73.5 Å². The summed E-state index contributed by atoms with van der Waals surface area (Å²) in [6.07, 6.45) is 3.62. The van der Waals surface area contributed by atoms with Crippen LogP contribution in [0.4, 0.5) is 0 Å². The summed E-state index contributed by atoms with van der Waals surface area (Å²) >= 11 is 0. The first-order valence-electron chi connectivity index (χ1n) is 5.13. The average molecular weight is 164 g/mol. The van der Waals surface area contributed by atoms with Crippen molar-refractivity contribution in [1.82, 2.24) is 0 Å². The molecule has 0 saturated heterocycles. The van der Waals surface area contributed by atoms with E-state index in [1.165, 1.54) is 19.3 Å². The Morgan fingerprint density at radius 2 is 2.08 bits per heavy atom. The number of hydrogen-bond donors (Lipinski definition) is 0. The van der Waals surface area contributed by atoms with Gasteiger partial charge in [-0.2, -0.15) is 0 Å².